The van der Waals surface area contributed by atoms with E-state index in [-0.39, 0.29) is 5.69 Å². The molecule has 0 aliphatic rings. The number of rotatable bonds is 4. The molecule has 0 spiro atoms. The Morgan fingerprint density at radius 1 is 0.905 bits per heavy atom. The van der Waals surface area contributed by atoms with Crippen LogP contribution in [0.4, 0.5) is 27.8 Å². The first-order valence-electron chi connectivity index (χ1n) is 5.58. The minimum absolute atomic E-state index is 0.151. The Morgan fingerprint density at radius 2 is 1.48 bits per heavy atom. The summed E-state index contributed by atoms with van der Waals surface area (Å²) in [7, 11) is 1.61. The zero-order valence-electron chi connectivity index (χ0n) is 10.6. The summed E-state index contributed by atoms with van der Waals surface area (Å²) < 4.78 is 70.0. The summed E-state index contributed by atoms with van der Waals surface area (Å²) >= 11 is 0. The lowest BCUT2D eigenvalue weighted by Crippen LogP contribution is -2.08. The first-order valence-corrected chi connectivity index (χ1v) is 5.58. The maximum atomic E-state index is 13.3. The Kier molecular flexibility index (Phi) is 4.20. The van der Waals surface area contributed by atoms with E-state index in [4.69, 9.17) is 0 Å². The minimum Gasteiger partial charge on any atom is -0.481 e. The van der Waals surface area contributed by atoms with E-state index in [9.17, 15) is 22.0 Å². The molecule has 2 rings (SSSR count). The molecule has 0 amide bonds. The quantitative estimate of drug-likeness (QED) is 0.536. The Balaban J connectivity index is 2.23. The molecule has 0 unspecified atom stereocenters. The number of anilines is 1. The Bertz CT molecular complexity index is 634. The van der Waals surface area contributed by atoms with Crippen molar-refractivity contribution in [2.75, 3.05) is 12.4 Å². The second kappa shape index (κ2) is 5.90. The normalized spacial score (nSPS) is 10.6. The van der Waals surface area contributed by atoms with Crippen molar-refractivity contribution in [1.82, 2.24) is 9.97 Å². The van der Waals surface area contributed by atoms with E-state index in [0.29, 0.717) is 5.82 Å². The van der Waals surface area contributed by atoms with E-state index in [1.807, 2.05) is 0 Å². The van der Waals surface area contributed by atoms with Gasteiger partial charge >= 0.3 is 0 Å². The highest BCUT2D eigenvalue weighted by Gasteiger charge is 2.27. The van der Waals surface area contributed by atoms with Gasteiger partial charge in [0.15, 0.2) is 5.75 Å². The van der Waals surface area contributed by atoms with E-state index < -0.39 is 41.4 Å². The summed E-state index contributed by atoms with van der Waals surface area (Å²) in [6.45, 7) is -0.505. The third-order valence-electron chi connectivity index (χ3n) is 2.50. The molecule has 0 fully saturated rings. The van der Waals surface area contributed by atoms with E-state index in [1.54, 1.807) is 7.05 Å². The Morgan fingerprint density at radius 3 is 1.95 bits per heavy atom. The van der Waals surface area contributed by atoms with Crippen LogP contribution in [-0.2, 0) is 6.61 Å². The topological polar surface area (TPSA) is 47.0 Å². The van der Waals surface area contributed by atoms with Crippen molar-refractivity contribution >= 4 is 5.82 Å². The zero-order chi connectivity index (χ0) is 15.6. The van der Waals surface area contributed by atoms with Gasteiger partial charge in [0.2, 0.25) is 29.1 Å². The Hall–Kier alpha value is -2.45. The van der Waals surface area contributed by atoms with Gasteiger partial charge in [-0.15, -0.1) is 0 Å². The summed E-state index contributed by atoms with van der Waals surface area (Å²) in [5.74, 6) is -11.4. The van der Waals surface area contributed by atoms with Gasteiger partial charge in [-0.25, -0.2) is 18.2 Å². The molecule has 0 aliphatic carbocycles. The summed E-state index contributed by atoms with van der Waals surface area (Å²) in [6.07, 6.45) is 2.55. The molecule has 1 aromatic heterocycles. The van der Waals surface area contributed by atoms with Gasteiger partial charge in [0.1, 0.15) is 12.4 Å². The standard InChI is InChI=1S/C12H8F5N3O/c1-18-6-3-19-5(2-20-6)4-21-12-10(16)8(14)7(13)9(15)11(12)17/h2-3H,4H2,1H3,(H,18,20). The Labute approximate surface area is 115 Å². The molecule has 0 aliphatic heterocycles. The van der Waals surface area contributed by atoms with Crippen LogP contribution in [0.2, 0.25) is 0 Å². The van der Waals surface area contributed by atoms with Gasteiger partial charge in [-0.1, -0.05) is 0 Å². The average Bonchev–Trinajstić information content (AvgIpc) is 2.51. The van der Waals surface area contributed by atoms with E-state index in [2.05, 4.69) is 20.0 Å². The predicted octanol–water partition coefficient (Wildman–Crippen LogP) is 2.79. The van der Waals surface area contributed by atoms with Gasteiger partial charge in [0, 0.05) is 7.05 Å². The second-order valence-electron chi connectivity index (χ2n) is 3.83. The zero-order valence-corrected chi connectivity index (χ0v) is 10.6. The number of nitrogens with one attached hydrogen (secondary N) is 1. The van der Waals surface area contributed by atoms with Crippen LogP contribution in [0, 0.1) is 29.1 Å². The molecule has 0 atom stereocenters. The predicted molar refractivity (Wildman–Crippen MR) is 62.1 cm³/mol. The fourth-order valence-electron chi connectivity index (χ4n) is 1.42. The summed E-state index contributed by atoms with van der Waals surface area (Å²) in [6, 6.07) is 0. The van der Waals surface area contributed by atoms with Crippen LogP contribution in [0.1, 0.15) is 5.69 Å². The van der Waals surface area contributed by atoms with Gasteiger partial charge < -0.3 is 10.1 Å². The smallest absolute Gasteiger partial charge is 0.207 e. The molecule has 0 radical (unpaired) electrons. The maximum absolute atomic E-state index is 13.3. The van der Waals surface area contributed by atoms with Crippen molar-refractivity contribution < 1.29 is 26.7 Å². The number of halogens is 5. The summed E-state index contributed by atoms with van der Waals surface area (Å²) in [4.78, 5) is 7.68. The lowest BCUT2D eigenvalue weighted by atomic mass is 10.2. The fraction of sp³-hybridized carbons (Fsp3) is 0.167. The monoisotopic (exact) mass is 305 g/mol. The number of hydrogen-bond donors (Lipinski definition) is 1. The first-order chi connectivity index (χ1) is 9.95. The highest BCUT2D eigenvalue weighted by Crippen LogP contribution is 2.29. The van der Waals surface area contributed by atoms with Crippen molar-refractivity contribution in [1.29, 1.82) is 0 Å². The number of benzene rings is 1. The van der Waals surface area contributed by atoms with Gasteiger partial charge in [-0.3, -0.25) is 4.98 Å². The first kappa shape index (κ1) is 14.9. The van der Waals surface area contributed by atoms with Crippen LogP contribution in [0.25, 0.3) is 0 Å². The van der Waals surface area contributed by atoms with Gasteiger partial charge in [-0.05, 0) is 0 Å². The van der Waals surface area contributed by atoms with Gasteiger partial charge in [0.25, 0.3) is 0 Å². The molecule has 1 N–H and O–H groups in total. The molecule has 21 heavy (non-hydrogen) atoms. The molecule has 9 heteroatoms. The number of ether oxygens (including phenoxy) is 1. The van der Waals surface area contributed by atoms with E-state index >= 15 is 0 Å². The van der Waals surface area contributed by atoms with Gasteiger partial charge in [0.05, 0.1) is 18.1 Å². The van der Waals surface area contributed by atoms with Crippen LogP contribution in [0.15, 0.2) is 12.4 Å². The molecule has 1 heterocycles. The highest BCUT2D eigenvalue weighted by molar-refractivity contribution is 5.31. The van der Waals surface area contributed by atoms with Gasteiger partial charge in [-0.2, -0.15) is 8.78 Å². The van der Waals surface area contributed by atoms with Crippen LogP contribution in [0.3, 0.4) is 0 Å². The lowest BCUT2D eigenvalue weighted by Gasteiger charge is -2.10. The van der Waals surface area contributed by atoms with E-state index in [1.165, 1.54) is 12.4 Å². The SMILES string of the molecule is CNc1cnc(COc2c(F)c(F)c(F)c(F)c2F)cn1. The summed E-state index contributed by atoms with van der Waals surface area (Å²) in [5, 5.41) is 2.69. The van der Waals surface area contributed by atoms with Crippen LogP contribution in [0.5, 0.6) is 5.75 Å². The second-order valence-corrected chi connectivity index (χ2v) is 3.83. The minimum atomic E-state index is -2.24. The molecule has 0 saturated carbocycles. The largest absolute Gasteiger partial charge is 0.481 e. The van der Waals surface area contributed by atoms with Crippen molar-refractivity contribution in [2.45, 2.75) is 6.61 Å². The number of nitrogens with zero attached hydrogens (tertiary/aromatic N) is 2. The molecule has 1 aromatic carbocycles. The van der Waals surface area contributed by atoms with Crippen LogP contribution >= 0.6 is 0 Å². The lowest BCUT2D eigenvalue weighted by molar-refractivity contribution is 0.250. The van der Waals surface area contributed by atoms with Crippen molar-refractivity contribution in [3.63, 3.8) is 0 Å². The molecule has 0 bridgehead atoms. The summed E-state index contributed by atoms with van der Waals surface area (Å²) in [5.41, 5.74) is 0.151. The molecule has 4 nitrogen and oxygen atoms in total. The molecule has 0 saturated heterocycles. The van der Waals surface area contributed by atoms with Crippen LogP contribution < -0.4 is 10.1 Å². The number of hydrogen-bond acceptors (Lipinski definition) is 4. The third kappa shape index (κ3) is 2.86. The fourth-order valence-corrected chi connectivity index (χ4v) is 1.42. The highest BCUT2D eigenvalue weighted by atomic mass is 19.2. The third-order valence-corrected chi connectivity index (χ3v) is 2.50. The van der Waals surface area contributed by atoms with Crippen molar-refractivity contribution in [3.8, 4) is 5.75 Å². The number of aromatic nitrogens is 2. The van der Waals surface area contributed by atoms with E-state index in [0.717, 1.165) is 0 Å². The average molecular weight is 305 g/mol. The van der Waals surface area contributed by atoms with Crippen molar-refractivity contribution in [2.24, 2.45) is 0 Å². The van der Waals surface area contributed by atoms with Crippen LogP contribution in [-0.4, -0.2) is 17.0 Å². The molecular weight excluding hydrogens is 297 g/mol. The molecule has 112 valence electrons. The van der Waals surface area contributed by atoms with Crippen molar-refractivity contribution in [3.05, 3.63) is 47.2 Å². The molecular formula is C12H8F5N3O. The molecule has 2 aromatic rings. The maximum Gasteiger partial charge on any atom is 0.207 e.